The van der Waals surface area contributed by atoms with Crippen LogP contribution in [0.1, 0.15) is 5.56 Å². The van der Waals surface area contributed by atoms with Crippen LogP contribution in [0.15, 0.2) is 57.8 Å². The lowest BCUT2D eigenvalue weighted by molar-refractivity contribution is 0.415. The molecule has 0 saturated carbocycles. The standard InChI is InChI=1S/C15H15N5O2S/c1-22-13-5-2-11(3-6-13)18-19-12-4-7-14(21)10(8-12)9-17-20-15(16)23/h2-9,21H,1H3,(H3,16,20,23). The molecule has 0 fully saturated rings. The van der Waals surface area contributed by atoms with E-state index in [4.69, 9.17) is 10.5 Å². The summed E-state index contributed by atoms with van der Waals surface area (Å²) in [7, 11) is 1.60. The highest BCUT2D eigenvalue weighted by Gasteiger charge is 2.00. The molecule has 0 aliphatic rings. The summed E-state index contributed by atoms with van der Waals surface area (Å²) < 4.78 is 5.08. The number of hydrogen-bond acceptors (Lipinski definition) is 6. The fourth-order valence-corrected chi connectivity index (χ4v) is 1.69. The Balaban J connectivity index is 2.14. The van der Waals surface area contributed by atoms with Crippen molar-refractivity contribution in [2.45, 2.75) is 0 Å². The van der Waals surface area contributed by atoms with Crippen LogP contribution in [-0.2, 0) is 0 Å². The van der Waals surface area contributed by atoms with E-state index in [2.05, 4.69) is 33.0 Å². The monoisotopic (exact) mass is 329 g/mol. The largest absolute Gasteiger partial charge is 0.507 e. The molecule has 118 valence electrons. The third-order valence-electron chi connectivity index (χ3n) is 2.74. The number of nitrogens with one attached hydrogen (secondary N) is 1. The summed E-state index contributed by atoms with van der Waals surface area (Å²) in [5.41, 5.74) is 9.38. The molecule has 0 aliphatic heterocycles. The number of methoxy groups -OCH3 is 1. The molecule has 0 bridgehead atoms. The van der Waals surface area contributed by atoms with Crippen molar-refractivity contribution in [3.8, 4) is 11.5 Å². The molecule has 7 nitrogen and oxygen atoms in total. The zero-order valence-corrected chi connectivity index (χ0v) is 13.1. The third kappa shape index (κ3) is 5.04. The number of phenolic OH excluding ortho intramolecular Hbond substituents is 1. The topological polar surface area (TPSA) is 105 Å². The number of azo groups is 1. The molecule has 0 spiro atoms. The van der Waals surface area contributed by atoms with E-state index in [0.29, 0.717) is 16.9 Å². The van der Waals surface area contributed by atoms with Gasteiger partial charge in [0, 0.05) is 5.56 Å². The second kappa shape index (κ2) is 7.85. The molecule has 0 aromatic heterocycles. The summed E-state index contributed by atoms with van der Waals surface area (Å²) in [6.45, 7) is 0. The lowest BCUT2D eigenvalue weighted by Crippen LogP contribution is -2.23. The number of aromatic hydroxyl groups is 1. The van der Waals surface area contributed by atoms with E-state index >= 15 is 0 Å². The average molecular weight is 329 g/mol. The van der Waals surface area contributed by atoms with E-state index in [-0.39, 0.29) is 10.9 Å². The van der Waals surface area contributed by atoms with Crippen LogP contribution in [0.25, 0.3) is 0 Å². The predicted molar refractivity (Wildman–Crippen MR) is 92.8 cm³/mol. The normalized spacial score (nSPS) is 11.0. The highest BCUT2D eigenvalue weighted by Crippen LogP contribution is 2.24. The molecule has 8 heteroatoms. The number of hydrazone groups is 1. The van der Waals surface area contributed by atoms with Crippen LogP contribution in [0, 0.1) is 0 Å². The molecule has 0 radical (unpaired) electrons. The molecule has 0 aliphatic carbocycles. The van der Waals surface area contributed by atoms with Gasteiger partial charge in [-0.05, 0) is 54.7 Å². The van der Waals surface area contributed by atoms with Crippen molar-refractivity contribution in [3.05, 3.63) is 48.0 Å². The summed E-state index contributed by atoms with van der Waals surface area (Å²) in [6.07, 6.45) is 1.39. The number of thiocarbonyl (C=S) groups is 1. The molecular formula is C15H15N5O2S. The summed E-state index contributed by atoms with van der Waals surface area (Å²) in [5, 5.41) is 21.8. The predicted octanol–water partition coefficient (Wildman–Crippen LogP) is 2.98. The van der Waals surface area contributed by atoms with Gasteiger partial charge in [0.25, 0.3) is 0 Å². The number of rotatable bonds is 5. The van der Waals surface area contributed by atoms with E-state index in [1.807, 2.05) is 0 Å². The lowest BCUT2D eigenvalue weighted by Gasteiger charge is -2.01. The minimum atomic E-state index is 0.0380. The van der Waals surface area contributed by atoms with Gasteiger partial charge in [0.05, 0.1) is 24.7 Å². The van der Waals surface area contributed by atoms with Gasteiger partial charge in [0.2, 0.25) is 0 Å². The molecule has 0 amide bonds. The highest BCUT2D eigenvalue weighted by molar-refractivity contribution is 7.80. The number of nitrogens with zero attached hydrogens (tertiary/aromatic N) is 3. The van der Waals surface area contributed by atoms with Crippen LogP contribution >= 0.6 is 12.2 Å². The minimum absolute atomic E-state index is 0.0380. The third-order valence-corrected chi connectivity index (χ3v) is 2.83. The van der Waals surface area contributed by atoms with Gasteiger partial charge in [-0.3, -0.25) is 5.43 Å². The first-order valence-corrected chi connectivity index (χ1v) is 6.96. The number of benzene rings is 2. The zero-order valence-electron chi connectivity index (χ0n) is 12.3. The van der Waals surface area contributed by atoms with Crippen LogP contribution in [0.2, 0.25) is 0 Å². The van der Waals surface area contributed by atoms with E-state index in [0.717, 1.165) is 5.75 Å². The molecule has 0 atom stereocenters. The Hall–Kier alpha value is -3.00. The van der Waals surface area contributed by atoms with Crippen LogP contribution in [0.5, 0.6) is 11.5 Å². The number of nitrogens with two attached hydrogens (primary N) is 1. The van der Waals surface area contributed by atoms with Gasteiger partial charge in [-0.2, -0.15) is 15.3 Å². The Kier molecular flexibility index (Phi) is 5.59. The molecule has 2 aromatic rings. The van der Waals surface area contributed by atoms with Crippen molar-refractivity contribution in [3.63, 3.8) is 0 Å². The van der Waals surface area contributed by atoms with Crippen molar-refractivity contribution < 1.29 is 9.84 Å². The van der Waals surface area contributed by atoms with Gasteiger partial charge in [0.15, 0.2) is 5.11 Å². The Morgan fingerprint density at radius 2 is 1.83 bits per heavy atom. The van der Waals surface area contributed by atoms with Gasteiger partial charge in [-0.15, -0.1) is 0 Å². The summed E-state index contributed by atoms with van der Waals surface area (Å²) in [6, 6.07) is 11.9. The fraction of sp³-hybridized carbons (Fsp3) is 0.0667. The van der Waals surface area contributed by atoms with Crippen molar-refractivity contribution >= 4 is 34.9 Å². The summed E-state index contributed by atoms with van der Waals surface area (Å²) in [5.74, 6) is 0.805. The first-order chi connectivity index (χ1) is 11.1. The van der Waals surface area contributed by atoms with Gasteiger partial charge in [-0.25, -0.2) is 0 Å². The Morgan fingerprint density at radius 3 is 2.48 bits per heavy atom. The van der Waals surface area contributed by atoms with Gasteiger partial charge < -0.3 is 15.6 Å². The Morgan fingerprint density at radius 1 is 1.17 bits per heavy atom. The summed E-state index contributed by atoms with van der Waals surface area (Å²) in [4.78, 5) is 0. The zero-order chi connectivity index (χ0) is 16.7. The molecule has 0 saturated heterocycles. The quantitative estimate of drug-likeness (QED) is 0.338. The molecule has 2 aromatic carbocycles. The van der Waals surface area contributed by atoms with E-state index < -0.39 is 0 Å². The molecule has 4 N–H and O–H groups in total. The van der Waals surface area contributed by atoms with Crippen LogP contribution in [0.4, 0.5) is 11.4 Å². The van der Waals surface area contributed by atoms with E-state index in [9.17, 15) is 5.11 Å². The maximum Gasteiger partial charge on any atom is 0.184 e. The number of ether oxygens (including phenoxy) is 1. The van der Waals surface area contributed by atoms with Gasteiger partial charge in [0.1, 0.15) is 11.5 Å². The average Bonchev–Trinajstić information content (AvgIpc) is 2.55. The second-order valence-corrected chi connectivity index (χ2v) is 4.82. The van der Waals surface area contributed by atoms with Crippen molar-refractivity contribution in [2.75, 3.05) is 7.11 Å². The SMILES string of the molecule is COc1ccc(N=Nc2ccc(O)c(C=NNC(N)=S)c2)cc1. The van der Waals surface area contributed by atoms with Crippen molar-refractivity contribution in [1.82, 2.24) is 5.43 Å². The first kappa shape index (κ1) is 16.4. The molecular weight excluding hydrogens is 314 g/mol. The van der Waals surface area contributed by atoms with Gasteiger partial charge in [-0.1, -0.05) is 0 Å². The van der Waals surface area contributed by atoms with Crippen molar-refractivity contribution in [2.24, 2.45) is 21.1 Å². The highest BCUT2D eigenvalue weighted by atomic mass is 32.1. The molecule has 0 heterocycles. The smallest absolute Gasteiger partial charge is 0.184 e. The number of phenols is 1. The minimum Gasteiger partial charge on any atom is -0.507 e. The number of hydrogen-bond donors (Lipinski definition) is 3. The molecule has 0 unspecified atom stereocenters. The van der Waals surface area contributed by atoms with Crippen LogP contribution in [-0.4, -0.2) is 23.5 Å². The lowest BCUT2D eigenvalue weighted by atomic mass is 10.2. The first-order valence-electron chi connectivity index (χ1n) is 6.56. The maximum absolute atomic E-state index is 9.77. The maximum atomic E-state index is 9.77. The van der Waals surface area contributed by atoms with E-state index in [1.54, 1.807) is 43.5 Å². The Bertz CT molecular complexity index is 744. The Labute approximate surface area is 138 Å². The van der Waals surface area contributed by atoms with Gasteiger partial charge >= 0.3 is 0 Å². The summed E-state index contributed by atoms with van der Waals surface area (Å²) >= 11 is 4.63. The van der Waals surface area contributed by atoms with Crippen LogP contribution in [0.3, 0.4) is 0 Å². The van der Waals surface area contributed by atoms with Crippen LogP contribution < -0.4 is 15.9 Å². The second-order valence-electron chi connectivity index (χ2n) is 4.38. The molecule has 2 rings (SSSR count). The van der Waals surface area contributed by atoms with Crippen molar-refractivity contribution in [1.29, 1.82) is 0 Å². The fourth-order valence-electron chi connectivity index (χ4n) is 1.64. The van der Waals surface area contributed by atoms with E-state index in [1.165, 1.54) is 12.3 Å². The molecule has 23 heavy (non-hydrogen) atoms.